The first-order chi connectivity index (χ1) is 67.4. The molecule has 0 N–H and O–H groups in total. The van der Waals surface area contributed by atoms with Crippen LogP contribution in [0.3, 0.4) is 0 Å². The molecule has 2 aromatic heterocycles. The molecule has 1 unspecified atom stereocenters. The largest absolute Gasteiger partial charge is 0.455 e. The van der Waals surface area contributed by atoms with Crippen molar-refractivity contribution in [3.8, 4) is 111 Å². The molecule has 1 atom stereocenters. The summed E-state index contributed by atoms with van der Waals surface area (Å²) in [6.07, 6.45) is 0. The summed E-state index contributed by atoms with van der Waals surface area (Å²) in [5.41, 5.74) is 40.9. The average Bonchev–Trinajstić information content (AvgIpc) is 1.53. The van der Waals surface area contributed by atoms with E-state index in [0.29, 0.717) is 0 Å². The van der Waals surface area contributed by atoms with Crippen molar-refractivity contribution in [1.82, 2.24) is 0 Å². The van der Waals surface area contributed by atoms with Crippen molar-refractivity contribution in [2.75, 3.05) is 9.80 Å². The molecule has 0 bridgehead atoms. The molecule has 0 spiro atoms. The van der Waals surface area contributed by atoms with Crippen molar-refractivity contribution in [1.29, 1.82) is 0 Å². The van der Waals surface area contributed by atoms with Crippen LogP contribution in [0.15, 0.2) is 531 Å². The molecular weight excluding hydrogens is 1650 g/mol. The zero-order chi connectivity index (χ0) is 89.8. The summed E-state index contributed by atoms with van der Waals surface area (Å²) in [6, 6.07) is 193. The van der Waals surface area contributed by atoms with Crippen LogP contribution >= 0.6 is 0 Å². The molecule has 0 saturated carbocycles. The number of rotatable bonds is 18. The van der Waals surface area contributed by atoms with E-state index in [9.17, 15) is 0 Å². The van der Waals surface area contributed by atoms with Gasteiger partial charge in [0.25, 0.3) is 0 Å². The quantitative estimate of drug-likeness (QED) is 0.0857. The number of benzene rings is 22. The van der Waals surface area contributed by atoms with E-state index in [-0.39, 0.29) is 0 Å². The summed E-state index contributed by atoms with van der Waals surface area (Å²) in [4.78, 5) is 4.95. The monoisotopic (exact) mass is 1730 g/mol. The molecule has 2 aliphatic rings. The van der Waals surface area contributed by atoms with Crippen molar-refractivity contribution in [3.05, 3.63) is 566 Å². The Bertz CT molecular complexity index is 8700. The van der Waals surface area contributed by atoms with Crippen LogP contribution in [-0.2, 0) is 10.8 Å². The number of hydrogen-bond donors (Lipinski definition) is 0. The van der Waals surface area contributed by atoms with Gasteiger partial charge in [0.1, 0.15) is 22.3 Å². The molecule has 636 valence electrons. The van der Waals surface area contributed by atoms with Gasteiger partial charge in [-0.3, -0.25) is 0 Å². The fourth-order valence-corrected chi connectivity index (χ4v) is 22.4. The standard InChI is InChI=1S/C132H86N2O2/c1-5-29-87(30-6-1)100-83-101(92-67-75-108(76-68-92)134(110-79-71-94(72-80-110)112-48-26-50-116-114-44-18-22-58-126(114)136-130(112)116)123-55-27-53-121-127(123)117-45-15-19-51-119(117)131(121,103-36-7-2-8-37-103)104-38-9-3-10-39-104)85-102(84-100)97-34-23-33-96(82-97)98-35-24-42-106(86-98)132(105-40-11-4-12-41-105)120-52-20-16-46-118(120)128-122(132)54-28-56-124(128)133(109-77-69-93(70-78-109)111-47-25-49-115-113-43-17-21-57-125(113)135-129(111)115)107-73-65-90(66-74-107)89-59-61-91(62-60-89)99-64-63-88-31-13-14-32-95(88)81-99/h1-86H. The van der Waals surface area contributed by atoms with Crippen LogP contribution < -0.4 is 9.80 Å². The Morgan fingerprint density at radius 1 is 0.162 bits per heavy atom. The maximum absolute atomic E-state index is 6.68. The van der Waals surface area contributed by atoms with E-state index in [4.69, 9.17) is 8.83 Å². The Morgan fingerprint density at radius 3 is 0.934 bits per heavy atom. The van der Waals surface area contributed by atoms with Crippen LogP contribution in [-0.4, -0.2) is 0 Å². The Balaban J connectivity index is 0.581. The minimum absolute atomic E-state index is 0.601. The van der Waals surface area contributed by atoms with E-state index in [2.05, 4.69) is 519 Å². The highest BCUT2D eigenvalue weighted by molar-refractivity contribution is 6.12. The molecule has 26 rings (SSSR count). The van der Waals surface area contributed by atoms with Gasteiger partial charge < -0.3 is 18.6 Å². The SMILES string of the molecule is c1ccc(-c2cc(-c3ccc(N(c4ccc(-c5cccc6c5oc5ccccc56)cc4)c4cccc5c4-c4ccccc4C5(c4ccccc4)c4ccccc4)cc3)cc(-c3cccc(-c4cccc(C5(c6ccccc6)c6ccccc6-c6c(N(c7ccc(-c8ccc(-c9ccc%10ccccc%10c9)cc8)cc7)c7ccc(-c8cccc9c8oc8ccccc89)cc7)cccc65)c4)c3)c2)cc1. The van der Waals surface area contributed by atoms with Crippen molar-refractivity contribution >= 4 is 88.8 Å². The van der Waals surface area contributed by atoms with E-state index in [0.717, 1.165) is 156 Å². The zero-order valence-electron chi connectivity index (χ0n) is 74.4. The molecule has 24 aromatic rings. The Labute approximate surface area is 790 Å². The lowest BCUT2D eigenvalue weighted by atomic mass is 9.67. The van der Waals surface area contributed by atoms with Gasteiger partial charge in [0.2, 0.25) is 0 Å². The van der Waals surface area contributed by atoms with Crippen LogP contribution in [0.25, 0.3) is 166 Å². The average molecular weight is 1730 g/mol. The van der Waals surface area contributed by atoms with Crippen LogP contribution in [0.2, 0.25) is 0 Å². The molecule has 2 heterocycles. The highest BCUT2D eigenvalue weighted by Crippen LogP contribution is 2.63. The molecule has 0 radical (unpaired) electrons. The highest BCUT2D eigenvalue weighted by atomic mass is 16.3. The summed E-state index contributed by atoms with van der Waals surface area (Å²) in [5, 5.41) is 6.91. The van der Waals surface area contributed by atoms with Gasteiger partial charge in [-0.1, -0.05) is 413 Å². The lowest BCUT2D eigenvalue weighted by molar-refractivity contribution is 0.669. The predicted molar refractivity (Wildman–Crippen MR) is 566 cm³/mol. The minimum atomic E-state index is -0.758. The van der Waals surface area contributed by atoms with Gasteiger partial charge in [0.15, 0.2) is 0 Å². The smallest absolute Gasteiger partial charge is 0.143 e. The van der Waals surface area contributed by atoms with Gasteiger partial charge >= 0.3 is 0 Å². The van der Waals surface area contributed by atoms with Gasteiger partial charge in [0.05, 0.1) is 22.2 Å². The normalized spacial score (nSPS) is 13.4. The van der Waals surface area contributed by atoms with Crippen LogP contribution in [0.1, 0.15) is 44.5 Å². The first-order valence-electron chi connectivity index (χ1n) is 46.9. The Hall–Kier alpha value is -17.7. The number of nitrogens with zero attached hydrogens (tertiary/aromatic N) is 2. The molecule has 0 saturated heterocycles. The number of fused-ring (bicyclic) bond motifs is 13. The van der Waals surface area contributed by atoms with E-state index in [1.54, 1.807) is 0 Å². The third-order valence-corrected chi connectivity index (χ3v) is 28.6. The second-order valence-electron chi connectivity index (χ2n) is 36.0. The van der Waals surface area contributed by atoms with Crippen molar-refractivity contribution in [2.45, 2.75) is 10.8 Å². The highest BCUT2D eigenvalue weighted by Gasteiger charge is 2.49. The first-order valence-corrected chi connectivity index (χ1v) is 46.9. The number of para-hydroxylation sites is 4. The number of hydrogen-bond acceptors (Lipinski definition) is 4. The summed E-state index contributed by atoms with van der Waals surface area (Å²) in [7, 11) is 0. The molecule has 4 heteroatoms. The summed E-state index contributed by atoms with van der Waals surface area (Å²) in [6.45, 7) is 0. The van der Waals surface area contributed by atoms with Gasteiger partial charge in [-0.15, -0.1) is 0 Å². The van der Waals surface area contributed by atoms with Crippen LogP contribution in [0, 0.1) is 0 Å². The van der Waals surface area contributed by atoms with E-state index < -0.39 is 10.8 Å². The molecule has 22 aromatic carbocycles. The zero-order valence-corrected chi connectivity index (χ0v) is 74.4. The van der Waals surface area contributed by atoms with Gasteiger partial charge in [0, 0.05) is 66.5 Å². The van der Waals surface area contributed by atoms with E-state index in [1.165, 1.54) is 88.7 Å². The molecular formula is C132H86N2O2. The second kappa shape index (κ2) is 32.7. The van der Waals surface area contributed by atoms with Gasteiger partial charge in [-0.05, 0) is 253 Å². The summed E-state index contributed by atoms with van der Waals surface area (Å²) in [5.74, 6) is 0. The van der Waals surface area contributed by atoms with E-state index in [1.807, 2.05) is 12.1 Å². The second-order valence-corrected chi connectivity index (χ2v) is 36.0. The van der Waals surface area contributed by atoms with Crippen molar-refractivity contribution in [3.63, 3.8) is 0 Å². The first kappa shape index (κ1) is 79.3. The molecule has 0 aliphatic heterocycles. The number of furan rings is 2. The number of anilines is 6. The Kier molecular flexibility index (Phi) is 19.1. The molecule has 0 fully saturated rings. The van der Waals surface area contributed by atoms with Gasteiger partial charge in [-0.25, -0.2) is 0 Å². The van der Waals surface area contributed by atoms with Crippen LogP contribution in [0.5, 0.6) is 0 Å². The van der Waals surface area contributed by atoms with Gasteiger partial charge in [-0.2, -0.15) is 0 Å². The van der Waals surface area contributed by atoms with Crippen LogP contribution in [0.4, 0.5) is 34.1 Å². The minimum Gasteiger partial charge on any atom is -0.455 e. The maximum Gasteiger partial charge on any atom is 0.143 e. The predicted octanol–water partition coefficient (Wildman–Crippen LogP) is 35.6. The summed E-state index contributed by atoms with van der Waals surface area (Å²) < 4.78 is 13.4. The molecule has 2 aliphatic carbocycles. The van der Waals surface area contributed by atoms with Crippen molar-refractivity contribution in [2.24, 2.45) is 0 Å². The van der Waals surface area contributed by atoms with Crippen molar-refractivity contribution < 1.29 is 8.83 Å². The lowest BCUT2D eigenvalue weighted by Crippen LogP contribution is -2.28. The summed E-state index contributed by atoms with van der Waals surface area (Å²) >= 11 is 0. The fraction of sp³-hybridized carbons (Fsp3) is 0.0152. The topological polar surface area (TPSA) is 32.8 Å². The Morgan fingerprint density at radius 2 is 0.449 bits per heavy atom. The van der Waals surface area contributed by atoms with E-state index >= 15 is 0 Å². The molecule has 0 amide bonds. The fourth-order valence-electron chi connectivity index (χ4n) is 22.4. The third-order valence-electron chi connectivity index (χ3n) is 28.6. The molecule has 4 nitrogen and oxygen atoms in total. The molecule has 136 heavy (non-hydrogen) atoms. The maximum atomic E-state index is 6.68. The lowest BCUT2D eigenvalue weighted by Gasteiger charge is -2.35. The third kappa shape index (κ3) is 13.0.